The van der Waals surface area contributed by atoms with Gasteiger partial charge in [0.25, 0.3) is 0 Å². The van der Waals surface area contributed by atoms with E-state index in [1.807, 2.05) is 49.4 Å². The number of carbonyl (C=O) groups is 1. The van der Waals surface area contributed by atoms with Crippen LogP contribution in [0.2, 0.25) is 0 Å². The van der Waals surface area contributed by atoms with Crippen molar-refractivity contribution in [3.05, 3.63) is 83.8 Å². The fraction of sp³-hybridized carbons (Fsp3) is 0.111. The van der Waals surface area contributed by atoms with Gasteiger partial charge in [-0.05, 0) is 36.8 Å². The number of rotatable bonds is 4. The summed E-state index contributed by atoms with van der Waals surface area (Å²) in [6.07, 6.45) is 3.26. The van der Waals surface area contributed by atoms with Gasteiger partial charge in [0.05, 0.1) is 11.7 Å². The van der Waals surface area contributed by atoms with Crippen LogP contribution in [0.5, 0.6) is 0 Å². The quantitative estimate of drug-likeness (QED) is 0.774. The van der Waals surface area contributed by atoms with Gasteiger partial charge < -0.3 is 5.32 Å². The van der Waals surface area contributed by atoms with Crippen molar-refractivity contribution in [2.75, 3.05) is 5.32 Å². The Kier molecular flexibility index (Phi) is 4.76. The molecule has 0 radical (unpaired) electrons. The van der Waals surface area contributed by atoms with Crippen LogP contribution in [0.25, 0.3) is 0 Å². The van der Waals surface area contributed by atoms with E-state index in [0.29, 0.717) is 5.82 Å². The lowest BCUT2D eigenvalue weighted by atomic mass is 10.0. The number of anilines is 1. The number of amides is 2. The lowest BCUT2D eigenvalue weighted by Crippen LogP contribution is -2.34. The number of nitrogens with zero attached hydrogens (tertiary/aromatic N) is 3. The molecule has 2 aromatic heterocycles. The highest BCUT2D eigenvalue weighted by Crippen LogP contribution is 2.21. The first kappa shape index (κ1) is 15.6. The van der Waals surface area contributed by atoms with Crippen LogP contribution in [-0.4, -0.2) is 21.2 Å². The molecular weight excluding hydrogens is 302 g/mol. The fourth-order valence-corrected chi connectivity index (χ4v) is 2.38. The number of urea groups is 1. The van der Waals surface area contributed by atoms with Gasteiger partial charge in [0.1, 0.15) is 0 Å². The van der Waals surface area contributed by atoms with Crippen molar-refractivity contribution in [2.45, 2.75) is 13.0 Å². The monoisotopic (exact) mass is 319 g/mol. The molecule has 0 unspecified atom stereocenters. The molecule has 3 rings (SSSR count). The van der Waals surface area contributed by atoms with E-state index in [-0.39, 0.29) is 12.1 Å². The van der Waals surface area contributed by atoms with Gasteiger partial charge in [-0.1, -0.05) is 35.9 Å². The minimum Gasteiger partial charge on any atom is -0.325 e. The van der Waals surface area contributed by atoms with Gasteiger partial charge in [-0.15, -0.1) is 5.10 Å². The van der Waals surface area contributed by atoms with Crippen molar-refractivity contribution < 1.29 is 4.79 Å². The maximum Gasteiger partial charge on any atom is 0.321 e. The van der Waals surface area contributed by atoms with Gasteiger partial charge in [0.2, 0.25) is 0 Å². The van der Waals surface area contributed by atoms with Crippen molar-refractivity contribution in [2.24, 2.45) is 0 Å². The number of aromatic nitrogens is 3. The number of hydrogen-bond acceptors (Lipinski definition) is 4. The van der Waals surface area contributed by atoms with Gasteiger partial charge in [0.15, 0.2) is 5.82 Å². The molecule has 1 aromatic carbocycles. The summed E-state index contributed by atoms with van der Waals surface area (Å²) in [5.74, 6) is 0.388. The van der Waals surface area contributed by atoms with Crippen molar-refractivity contribution in [3.8, 4) is 0 Å². The zero-order valence-electron chi connectivity index (χ0n) is 13.2. The predicted octanol–water partition coefficient (Wildman–Crippen LogP) is 3.09. The highest BCUT2D eigenvalue weighted by atomic mass is 16.2. The van der Waals surface area contributed by atoms with E-state index in [1.165, 1.54) is 0 Å². The van der Waals surface area contributed by atoms with Crippen LogP contribution in [0, 0.1) is 6.92 Å². The maximum atomic E-state index is 12.3. The lowest BCUT2D eigenvalue weighted by Gasteiger charge is -2.19. The van der Waals surface area contributed by atoms with E-state index in [9.17, 15) is 4.79 Å². The van der Waals surface area contributed by atoms with Gasteiger partial charge >= 0.3 is 6.03 Å². The van der Waals surface area contributed by atoms with Crippen LogP contribution in [0.4, 0.5) is 10.6 Å². The smallest absolute Gasteiger partial charge is 0.321 e. The molecule has 0 aliphatic rings. The zero-order valence-corrected chi connectivity index (χ0v) is 13.2. The summed E-state index contributed by atoms with van der Waals surface area (Å²) in [6.45, 7) is 2.01. The first-order valence-corrected chi connectivity index (χ1v) is 7.55. The normalized spacial score (nSPS) is 11.5. The topological polar surface area (TPSA) is 79.8 Å². The first-order valence-electron chi connectivity index (χ1n) is 7.55. The fourth-order valence-electron chi connectivity index (χ4n) is 2.38. The zero-order chi connectivity index (χ0) is 16.8. The van der Waals surface area contributed by atoms with Crippen LogP contribution in [0.3, 0.4) is 0 Å². The molecule has 0 saturated heterocycles. The Balaban J connectivity index is 1.84. The third kappa shape index (κ3) is 3.92. The first-order chi connectivity index (χ1) is 11.7. The van der Waals surface area contributed by atoms with Crippen LogP contribution in [-0.2, 0) is 0 Å². The van der Waals surface area contributed by atoms with Crippen LogP contribution in [0.1, 0.15) is 22.9 Å². The molecule has 2 heterocycles. The molecule has 0 aliphatic carbocycles. The molecule has 1 atom stereocenters. The highest BCUT2D eigenvalue weighted by molar-refractivity contribution is 5.88. The number of benzene rings is 1. The van der Waals surface area contributed by atoms with Crippen molar-refractivity contribution in [1.29, 1.82) is 0 Å². The SMILES string of the molecule is Cc1cccc([C@@H](NC(=O)Nc2cccnn2)c2ccccn2)c1. The van der Waals surface area contributed by atoms with Crippen molar-refractivity contribution >= 4 is 11.8 Å². The van der Waals surface area contributed by atoms with E-state index >= 15 is 0 Å². The Labute approximate surface area is 140 Å². The van der Waals surface area contributed by atoms with Gasteiger partial charge in [-0.2, -0.15) is 5.10 Å². The summed E-state index contributed by atoms with van der Waals surface area (Å²) in [5, 5.41) is 13.2. The molecule has 0 aliphatic heterocycles. The minimum absolute atomic E-state index is 0.359. The van der Waals surface area contributed by atoms with Crippen molar-refractivity contribution in [1.82, 2.24) is 20.5 Å². The minimum atomic E-state index is -0.368. The summed E-state index contributed by atoms with van der Waals surface area (Å²) in [4.78, 5) is 16.7. The molecule has 2 N–H and O–H groups in total. The summed E-state index contributed by atoms with van der Waals surface area (Å²) >= 11 is 0. The Morgan fingerprint density at radius 2 is 1.96 bits per heavy atom. The van der Waals surface area contributed by atoms with Crippen LogP contribution < -0.4 is 10.6 Å². The summed E-state index contributed by atoms with van der Waals surface area (Å²) in [7, 11) is 0. The molecule has 120 valence electrons. The Hall–Kier alpha value is -3.28. The molecule has 6 nitrogen and oxygen atoms in total. The number of hydrogen-bond donors (Lipinski definition) is 2. The van der Waals surface area contributed by atoms with E-state index in [2.05, 4.69) is 25.8 Å². The average Bonchev–Trinajstić information content (AvgIpc) is 2.61. The molecule has 6 heteroatoms. The predicted molar refractivity (Wildman–Crippen MR) is 91.4 cm³/mol. The molecule has 0 spiro atoms. The highest BCUT2D eigenvalue weighted by Gasteiger charge is 2.18. The maximum absolute atomic E-state index is 12.3. The lowest BCUT2D eigenvalue weighted by molar-refractivity contribution is 0.250. The molecule has 0 bridgehead atoms. The number of pyridine rings is 1. The van der Waals surface area contributed by atoms with Crippen molar-refractivity contribution in [3.63, 3.8) is 0 Å². The average molecular weight is 319 g/mol. The van der Waals surface area contributed by atoms with E-state index in [1.54, 1.807) is 24.5 Å². The third-order valence-electron chi connectivity index (χ3n) is 3.45. The van der Waals surface area contributed by atoms with E-state index in [4.69, 9.17) is 0 Å². The standard InChI is InChI=1S/C18H17N5O/c1-13-6-4-7-14(12-13)17(15-8-2-3-10-19-15)22-18(24)21-16-9-5-11-20-23-16/h2-12,17H,1H3,(H2,21,22,23,24)/t17-/m1/s1. The van der Waals surface area contributed by atoms with Crippen LogP contribution in [0.15, 0.2) is 67.0 Å². The van der Waals surface area contributed by atoms with Crippen LogP contribution >= 0.6 is 0 Å². The second-order valence-electron chi connectivity index (χ2n) is 5.31. The second kappa shape index (κ2) is 7.32. The molecule has 0 saturated carbocycles. The Morgan fingerprint density at radius 3 is 2.67 bits per heavy atom. The largest absolute Gasteiger partial charge is 0.325 e. The molecule has 3 aromatic rings. The third-order valence-corrected chi connectivity index (χ3v) is 3.45. The number of carbonyl (C=O) groups excluding carboxylic acids is 1. The van der Waals surface area contributed by atoms with Gasteiger partial charge in [0, 0.05) is 12.4 Å². The number of nitrogens with one attached hydrogen (secondary N) is 2. The Bertz CT molecular complexity index is 808. The molecule has 24 heavy (non-hydrogen) atoms. The molecular formula is C18H17N5O. The van der Waals surface area contributed by atoms with E-state index < -0.39 is 0 Å². The second-order valence-corrected chi connectivity index (χ2v) is 5.31. The summed E-state index contributed by atoms with van der Waals surface area (Å²) < 4.78 is 0. The van der Waals surface area contributed by atoms with Gasteiger partial charge in [-0.3, -0.25) is 10.3 Å². The van der Waals surface area contributed by atoms with Gasteiger partial charge in [-0.25, -0.2) is 4.79 Å². The Morgan fingerprint density at radius 1 is 1.04 bits per heavy atom. The number of aryl methyl sites for hydroxylation is 1. The summed E-state index contributed by atoms with van der Waals surface area (Å²) in [6, 6.07) is 16.3. The summed E-state index contributed by atoms with van der Waals surface area (Å²) in [5.41, 5.74) is 2.84. The molecule has 0 fully saturated rings. The molecule has 2 amide bonds. The van der Waals surface area contributed by atoms with E-state index in [0.717, 1.165) is 16.8 Å².